The third-order valence-electron chi connectivity index (χ3n) is 2.52. The minimum atomic E-state index is -0.279. The Morgan fingerprint density at radius 3 is 2.82 bits per heavy atom. The molecule has 0 saturated heterocycles. The van der Waals surface area contributed by atoms with Gasteiger partial charge >= 0.3 is 5.97 Å². The second-order valence-corrected chi connectivity index (χ2v) is 3.65. The molecule has 0 bridgehead atoms. The summed E-state index contributed by atoms with van der Waals surface area (Å²) in [7, 11) is 1.57. The van der Waals surface area contributed by atoms with Crippen LogP contribution in [-0.4, -0.2) is 13.1 Å². The van der Waals surface area contributed by atoms with Crippen molar-refractivity contribution in [3.63, 3.8) is 0 Å². The van der Waals surface area contributed by atoms with E-state index in [9.17, 15) is 4.79 Å². The Morgan fingerprint density at radius 2 is 2.18 bits per heavy atom. The standard InChI is InChI=1S/C13H14O4/c1-4-11(14)17-12-8(2)16-13-9(12)6-5-7-10(13)15-3/h5-7H,4H2,1-3H3. The van der Waals surface area contributed by atoms with Gasteiger partial charge in [0.1, 0.15) is 5.76 Å². The molecule has 0 unspecified atom stereocenters. The minimum absolute atomic E-state index is 0.279. The number of carbonyl (C=O) groups is 1. The minimum Gasteiger partial charge on any atom is -0.493 e. The Kier molecular flexibility index (Phi) is 3.04. The van der Waals surface area contributed by atoms with Crippen LogP contribution in [0.3, 0.4) is 0 Å². The van der Waals surface area contributed by atoms with Crippen LogP contribution >= 0.6 is 0 Å². The van der Waals surface area contributed by atoms with Crippen molar-refractivity contribution in [2.75, 3.05) is 7.11 Å². The van der Waals surface area contributed by atoms with E-state index in [0.29, 0.717) is 29.3 Å². The van der Waals surface area contributed by atoms with Gasteiger partial charge in [-0.1, -0.05) is 13.0 Å². The zero-order chi connectivity index (χ0) is 12.4. The van der Waals surface area contributed by atoms with E-state index >= 15 is 0 Å². The summed E-state index contributed by atoms with van der Waals surface area (Å²) in [6.45, 7) is 3.51. The van der Waals surface area contributed by atoms with Crippen LogP contribution in [0.1, 0.15) is 19.1 Å². The van der Waals surface area contributed by atoms with Crippen molar-refractivity contribution in [2.24, 2.45) is 0 Å². The maximum Gasteiger partial charge on any atom is 0.311 e. The van der Waals surface area contributed by atoms with Gasteiger partial charge in [-0.2, -0.15) is 0 Å². The number of furan rings is 1. The van der Waals surface area contributed by atoms with Gasteiger partial charge in [-0.25, -0.2) is 0 Å². The van der Waals surface area contributed by atoms with Crippen LogP contribution < -0.4 is 9.47 Å². The second-order valence-electron chi connectivity index (χ2n) is 3.65. The monoisotopic (exact) mass is 234 g/mol. The molecule has 0 amide bonds. The summed E-state index contributed by atoms with van der Waals surface area (Å²) in [6.07, 6.45) is 0.329. The van der Waals surface area contributed by atoms with Crippen molar-refractivity contribution in [2.45, 2.75) is 20.3 Å². The van der Waals surface area contributed by atoms with Crippen LogP contribution in [0.25, 0.3) is 11.0 Å². The van der Waals surface area contributed by atoms with Gasteiger partial charge < -0.3 is 13.9 Å². The van der Waals surface area contributed by atoms with Gasteiger partial charge in [-0.15, -0.1) is 0 Å². The first-order valence-electron chi connectivity index (χ1n) is 5.44. The molecular weight excluding hydrogens is 220 g/mol. The number of benzene rings is 1. The van der Waals surface area contributed by atoms with E-state index in [-0.39, 0.29) is 5.97 Å². The van der Waals surface area contributed by atoms with Crippen LogP contribution in [0.2, 0.25) is 0 Å². The molecule has 1 heterocycles. The van der Waals surface area contributed by atoms with E-state index in [1.807, 2.05) is 12.1 Å². The topological polar surface area (TPSA) is 48.7 Å². The number of fused-ring (bicyclic) bond motifs is 1. The molecule has 90 valence electrons. The lowest BCUT2D eigenvalue weighted by molar-refractivity contribution is -0.134. The number of hydrogen-bond acceptors (Lipinski definition) is 4. The van der Waals surface area contributed by atoms with E-state index in [0.717, 1.165) is 5.39 Å². The highest BCUT2D eigenvalue weighted by molar-refractivity contribution is 5.91. The Hall–Kier alpha value is -1.97. The van der Waals surface area contributed by atoms with Crippen LogP contribution in [0.4, 0.5) is 0 Å². The first kappa shape index (κ1) is 11.5. The number of para-hydroxylation sites is 1. The average Bonchev–Trinajstić information content (AvgIpc) is 2.66. The van der Waals surface area contributed by atoms with Gasteiger partial charge in [0.2, 0.25) is 0 Å². The number of esters is 1. The summed E-state index contributed by atoms with van der Waals surface area (Å²) in [5, 5.41) is 0.753. The number of aryl methyl sites for hydroxylation is 1. The van der Waals surface area contributed by atoms with Gasteiger partial charge in [0.25, 0.3) is 0 Å². The number of methoxy groups -OCH3 is 1. The first-order valence-corrected chi connectivity index (χ1v) is 5.44. The van der Waals surface area contributed by atoms with Crippen LogP contribution in [-0.2, 0) is 4.79 Å². The van der Waals surface area contributed by atoms with Gasteiger partial charge in [-0.05, 0) is 19.1 Å². The third kappa shape index (κ3) is 1.98. The summed E-state index contributed by atoms with van der Waals surface area (Å²) in [5.41, 5.74) is 0.603. The molecule has 1 aromatic carbocycles. The molecule has 2 rings (SSSR count). The Morgan fingerprint density at radius 1 is 1.41 bits per heavy atom. The highest BCUT2D eigenvalue weighted by Crippen LogP contribution is 2.37. The van der Waals surface area contributed by atoms with Crippen molar-refractivity contribution in [1.29, 1.82) is 0 Å². The van der Waals surface area contributed by atoms with E-state index in [4.69, 9.17) is 13.9 Å². The number of ether oxygens (including phenoxy) is 2. The maximum atomic E-state index is 11.3. The molecule has 0 aliphatic rings. The normalized spacial score (nSPS) is 10.5. The largest absolute Gasteiger partial charge is 0.493 e. The fourth-order valence-electron chi connectivity index (χ4n) is 1.66. The molecule has 0 saturated carbocycles. The fraction of sp³-hybridized carbons (Fsp3) is 0.308. The smallest absolute Gasteiger partial charge is 0.311 e. The summed E-state index contributed by atoms with van der Waals surface area (Å²) in [5.74, 6) is 1.40. The van der Waals surface area contributed by atoms with Gasteiger partial charge in [-0.3, -0.25) is 4.79 Å². The van der Waals surface area contributed by atoms with Crippen molar-refractivity contribution in [3.8, 4) is 11.5 Å². The molecule has 4 heteroatoms. The number of carbonyl (C=O) groups excluding carboxylic acids is 1. The predicted octanol–water partition coefficient (Wildman–Crippen LogP) is 3.07. The highest BCUT2D eigenvalue weighted by atomic mass is 16.5. The third-order valence-corrected chi connectivity index (χ3v) is 2.52. The average molecular weight is 234 g/mol. The predicted molar refractivity (Wildman–Crippen MR) is 63.4 cm³/mol. The van der Waals surface area contributed by atoms with Gasteiger partial charge in [0.15, 0.2) is 17.1 Å². The summed E-state index contributed by atoms with van der Waals surface area (Å²) in [6, 6.07) is 5.47. The summed E-state index contributed by atoms with van der Waals surface area (Å²) in [4.78, 5) is 11.3. The molecule has 0 aliphatic heterocycles. The molecular formula is C13H14O4. The number of rotatable bonds is 3. The van der Waals surface area contributed by atoms with Crippen molar-refractivity contribution < 1.29 is 18.7 Å². The van der Waals surface area contributed by atoms with Crippen molar-refractivity contribution in [3.05, 3.63) is 24.0 Å². The number of hydrogen-bond donors (Lipinski definition) is 0. The molecule has 17 heavy (non-hydrogen) atoms. The van der Waals surface area contributed by atoms with Crippen LogP contribution in [0, 0.1) is 6.92 Å². The highest BCUT2D eigenvalue weighted by Gasteiger charge is 2.17. The second kappa shape index (κ2) is 4.49. The van der Waals surface area contributed by atoms with Crippen LogP contribution in [0.15, 0.2) is 22.6 Å². The molecule has 0 N–H and O–H groups in total. The van der Waals surface area contributed by atoms with Crippen molar-refractivity contribution >= 4 is 16.9 Å². The first-order chi connectivity index (χ1) is 8.17. The van der Waals surface area contributed by atoms with E-state index in [1.54, 1.807) is 27.0 Å². The lowest BCUT2D eigenvalue weighted by Crippen LogP contribution is -2.05. The molecule has 2 aromatic rings. The van der Waals surface area contributed by atoms with Crippen LogP contribution in [0.5, 0.6) is 11.5 Å². The Balaban J connectivity index is 2.56. The van der Waals surface area contributed by atoms with E-state index in [2.05, 4.69) is 0 Å². The summed E-state index contributed by atoms with van der Waals surface area (Å²) >= 11 is 0. The maximum absolute atomic E-state index is 11.3. The molecule has 0 aliphatic carbocycles. The lowest BCUT2D eigenvalue weighted by atomic mass is 10.2. The molecule has 1 aromatic heterocycles. The quantitative estimate of drug-likeness (QED) is 0.766. The fourth-order valence-corrected chi connectivity index (χ4v) is 1.66. The molecule has 0 spiro atoms. The SMILES string of the molecule is CCC(=O)Oc1c(C)oc2c(OC)cccc12. The van der Waals surface area contributed by atoms with Crippen molar-refractivity contribution in [1.82, 2.24) is 0 Å². The van der Waals surface area contributed by atoms with Gasteiger partial charge in [0, 0.05) is 6.42 Å². The van der Waals surface area contributed by atoms with E-state index < -0.39 is 0 Å². The Labute approximate surface area is 99.1 Å². The Bertz CT molecular complexity index is 554. The summed E-state index contributed by atoms with van der Waals surface area (Å²) < 4.78 is 16.0. The molecule has 0 radical (unpaired) electrons. The zero-order valence-corrected chi connectivity index (χ0v) is 10.1. The molecule has 0 fully saturated rings. The van der Waals surface area contributed by atoms with E-state index in [1.165, 1.54) is 0 Å². The van der Waals surface area contributed by atoms with Gasteiger partial charge in [0.05, 0.1) is 12.5 Å². The lowest BCUT2D eigenvalue weighted by Gasteiger charge is -2.01. The molecule has 0 atom stereocenters. The molecule has 4 nitrogen and oxygen atoms in total. The zero-order valence-electron chi connectivity index (χ0n) is 10.1.